The molecular weight excluding hydrogens is 412 g/mol. The van der Waals surface area contributed by atoms with Gasteiger partial charge in [0.15, 0.2) is 0 Å². The van der Waals surface area contributed by atoms with Crippen molar-refractivity contribution in [2.45, 2.75) is 12.5 Å². The van der Waals surface area contributed by atoms with Crippen LogP contribution in [-0.2, 0) is 11.2 Å². The summed E-state index contributed by atoms with van der Waals surface area (Å²) >= 11 is 0. The Bertz CT molecular complexity index is 1200. The molecule has 0 saturated heterocycles. The van der Waals surface area contributed by atoms with Crippen molar-refractivity contribution in [1.82, 2.24) is 4.90 Å². The quantitative estimate of drug-likeness (QED) is 0.408. The molecule has 3 N–H and O–H groups in total. The SMILES string of the molecule is O=C(O)c1ccc(NC(=O)C(Cc2ccccc2)N2C(=O)c3ccccc3C2=O)c(O)c1. The summed E-state index contributed by atoms with van der Waals surface area (Å²) in [5.41, 5.74) is 0.986. The summed E-state index contributed by atoms with van der Waals surface area (Å²) in [7, 11) is 0. The number of hydrogen-bond acceptors (Lipinski definition) is 5. The summed E-state index contributed by atoms with van der Waals surface area (Å²) in [6, 6.07) is 17.6. The van der Waals surface area contributed by atoms with Gasteiger partial charge in [-0.25, -0.2) is 4.79 Å². The van der Waals surface area contributed by atoms with Gasteiger partial charge in [0.1, 0.15) is 11.8 Å². The van der Waals surface area contributed by atoms with Crippen molar-refractivity contribution in [2.75, 3.05) is 5.32 Å². The minimum absolute atomic E-state index is 0.0327. The molecule has 4 rings (SSSR count). The Hall–Kier alpha value is -4.46. The first kappa shape index (κ1) is 20.8. The van der Waals surface area contributed by atoms with Crippen molar-refractivity contribution in [2.24, 2.45) is 0 Å². The van der Waals surface area contributed by atoms with Crippen LogP contribution in [0.5, 0.6) is 5.75 Å². The summed E-state index contributed by atoms with van der Waals surface area (Å²) < 4.78 is 0. The molecule has 0 saturated carbocycles. The molecule has 1 aliphatic heterocycles. The lowest BCUT2D eigenvalue weighted by atomic mass is 10.0. The van der Waals surface area contributed by atoms with Gasteiger partial charge in [0.25, 0.3) is 11.8 Å². The topological polar surface area (TPSA) is 124 Å². The average Bonchev–Trinajstić information content (AvgIpc) is 3.04. The first-order valence-electron chi connectivity index (χ1n) is 9.75. The van der Waals surface area contributed by atoms with Crippen LogP contribution in [0.2, 0.25) is 0 Å². The number of phenolic OH excluding ortho intramolecular Hbond substituents is 1. The Morgan fingerprint density at radius 2 is 1.47 bits per heavy atom. The highest BCUT2D eigenvalue weighted by atomic mass is 16.4. The molecule has 0 aromatic heterocycles. The first-order chi connectivity index (χ1) is 15.4. The van der Waals surface area contributed by atoms with E-state index in [-0.39, 0.29) is 28.8 Å². The van der Waals surface area contributed by atoms with E-state index < -0.39 is 35.5 Å². The molecule has 0 bridgehead atoms. The van der Waals surface area contributed by atoms with Crippen LogP contribution < -0.4 is 5.32 Å². The fraction of sp³-hybridized carbons (Fsp3) is 0.0833. The van der Waals surface area contributed by atoms with Crippen LogP contribution in [0.3, 0.4) is 0 Å². The molecule has 0 aliphatic carbocycles. The van der Waals surface area contributed by atoms with Crippen molar-refractivity contribution >= 4 is 29.4 Å². The van der Waals surface area contributed by atoms with E-state index in [4.69, 9.17) is 5.11 Å². The molecule has 0 fully saturated rings. The van der Waals surface area contributed by atoms with Gasteiger partial charge in [-0.1, -0.05) is 42.5 Å². The second kappa shape index (κ2) is 8.35. The fourth-order valence-electron chi connectivity index (χ4n) is 3.62. The number of benzene rings is 3. The molecule has 0 spiro atoms. The van der Waals surface area contributed by atoms with Gasteiger partial charge in [-0.05, 0) is 35.9 Å². The average molecular weight is 430 g/mol. The zero-order chi connectivity index (χ0) is 22.8. The molecule has 0 radical (unpaired) electrons. The smallest absolute Gasteiger partial charge is 0.335 e. The molecule has 8 nitrogen and oxygen atoms in total. The second-order valence-corrected chi connectivity index (χ2v) is 7.26. The number of rotatable bonds is 6. The summed E-state index contributed by atoms with van der Waals surface area (Å²) in [6.07, 6.45) is 0.0616. The van der Waals surface area contributed by atoms with Crippen LogP contribution in [0.1, 0.15) is 36.6 Å². The molecule has 160 valence electrons. The number of aromatic carboxylic acids is 1. The highest BCUT2D eigenvalue weighted by molar-refractivity contribution is 6.23. The maximum absolute atomic E-state index is 13.2. The number of carboxylic acid groups (broad SMARTS) is 1. The van der Waals surface area contributed by atoms with Crippen LogP contribution in [0.25, 0.3) is 0 Å². The Morgan fingerprint density at radius 3 is 2.03 bits per heavy atom. The Balaban J connectivity index is 1.67. The van der Waals surface area contributed by atoms with E-state index in [1.54, 1.807) is 36.4 Å². The van der Waals surface area contributed by atoms with Crippen molar-refractivity contribution in [3.8, 4) is 5.75 Å². The molecule has 8 heteroatoms. The summed E-state index contributed by atoms with van der Waals surface area (Å²) in [6.45, 7) is 0. The number of nitrogens with one attached hydrogen (secondary N) is 1. The zero-order valence-electron chi connectivity index (χ0n) is 16.7. The van der Waals surface area contributed by atoms with Gasteiger partial charge in [-0.3, -0.25) is 19.3 Å². The van der Waals surface area contributed by atoms with Gasteiger partial charge < -0.3 is 15.5 Å². The van der Waals surface area contributed by atoms with Crippen molar-refractivity contribution in [3.05, 3.63) is 95.1 Å². The maximum Gasteiger partial charge on any atom is 0.335 e. The van der Waals surface area contributed by atoms with Gasteiger partial charge in [0, 0.05) is 6.42 Å². The van der Waals surface area contributed by atoms with E-state index >= 15 is 0 Å². The van der Waals surface area contributed by atoms with E-state index in [2.05, 4.69) is 5.32 Å². The van der Waals surface area contributed by atoms with Crippen LogP contribution in [0.4, 0.5) is 5.69 Å². The number of anilines is 1. The lowest BCUT2D eigenvalue weighted by molar-refractivity contribution is -0.119. The molecule has 1 aliphatic rings. The number of imide groups is 1. The van der Waals surface area contributed by atoms with E-state index in [0.717, 1.165) is 16.5 Å². The van der Waals surface area contributed by atoms with E-state index in [9.17, 15) is 24.3 Å². The summed E-state index contributed by atoms with van der Waals surface area (Å²) in [5, 5.41) is 21.7. The Morgan fingerprint density at radius 1 is 0.875 bits per heavy atom. The highest BCUT2D eigenvalue weighted by Crippen LogP contribution is 2.28. The van der Waals surface area contributed by atoms with Gasteiger partial charge in [0.2, 0.25) is 5.91 Å². The van der Waals surface area contributed by atoms with Gasteiger partial charge >= 0.3 is 5.97 Å². The number of fused-ring (bicyclic) bond motifs is 1. The Labute approximate surface area is 182 Å². The number of nitrogens with zero attached hydrogens (tertiary/aromatic N) is 1. The van der Waals surface area contributed by atoms with E-state index in [0.29, 0.717) is 0 Å². The molecule has 3 amide bonds. The third-order valence-electron chi connectivity index (χ3n) is 5.21. The normalized spacial score (nSPS) is 13.6. The van der Waals surface area contributed by atoms with Gasteiger partial charge in [-0.15, -0.1) is 0 Å². The van der Waals surface area contributed by atoms with Crippen LogP contribution in [0.15, 0.2) is 72.8 Å². The summed E-state index contributed by atoms with van der Waals surface area (Å²) in [5.74, 6) is -3.52. The van der Waals surface area contributed by atoms with E-state index in [1.807, 2.05) is 6.07 Å². The molecule has 1 unspecified atom stereocenters. The maximum atomic E-state index is 13.2. The predicted octanol–water partition coefficient (Wildman–Crippen LogP) is 2.94. The van der Waals surface area contributed by atoms with E-state index in [1.165, 1.54) is 24.3 Å². The largest absolute Gasteiger partial charge is 0.506 e. The molecule has 3 aromatic rings. The van der Waals surface area contributed by atoms with Crippen molar-refractivity contribution in [3.63, 3.8) is 0 Å². The number of amides is 3. The summed E-state index contributed by atoms with van der Waals surface area (Å²) in [4.78, 5) is 51.2. The molecule has 1 atom stereocenters. The van der Waals surface area contributed by atoms with Crippen molar-refractivity contribution in [1.29, 1.82) is 0 Å². The predicted molar refractivity (Wildman–Crippen MR) is 115 cm³/mol. The monoisotopic (exact) mass is 430 g/mol. The van der Waals surface area contributed by atoms with Gasteiger partial charge in [0.05, 0.1) is 22.4 Å². The zero-order valence-corrected chi connectivity index (χ0v) is 16.7. The van der Waals surface area contributed by atoms with Crippen LogP contribution in [-0.4, -0.2) is 44.8 Å². The number of carbonyl (C=O) groups excluding carboxylic acids is 3. The van der Waals surface area contributed by atoms with Gasteiger partial charge in [-0.2, -0.15) is 0 Å². The number of carboxylic acids is 1. The number of hydrogen-bond donors (Lipinski definition) is 3. The third kappa shape index (κ3) is 3.81. The van der Waals surface area contributed by atoms with Crippen LogP contribution in [0, 0.1) is 0 Å². The fourth-order valence-corrected chi connectivity index (χ4v) is 3.62. The third-order valence-corrected chi connectivity index (χ3v) is 5.21. The number of aromatic hydroxyl groups is 1. The molecule has 32 heavy (non-hydrogen) atoms. The lowest BCUT2D eigenvalue weighted by Crippen LogP contribution is -2.48. The molecule has 3 aromatic carbocycles. The molecular formula is C24H18N2O6. The highest BCUT2D eigenvalue weighted by Gasteiger charge is 2.42. The molecule has 1 heterocycles. The number of phenols is 1. The first-order valence-corrected chi connectivity index (χ1v) is 9.75. The van der Waals surface area contributed by atoms with Crippen LogP contribution >= 0.6 is 0 Å². The lowest BCUT2D eigenvalue weighted by Gasteiger charge is -2.25. The Kier molecular flexibility index (Phi) is 5.43. The minimum Gasteiger partial charge on any atom is -0.506 e. The minimum atomic E-state index is -1.23. The number of carbonyl (C=O) groups is 4. The standard InChI is InChI=1S/C24H18N2O6/c27-20-13-15(24(31)32)10-11-18(20)25-21(28)19(12-14-6-2-1-3-7-14)26-22(29)16-8-4-5-9-17(16)23(26)30/h1-11,13,19,27H,12H2,(H,25,28)(H,31,32). The second-order valence-electron chi connectivity index (χ2n) is 7.26. The van der Waals surface area contributed by atoms with Crippen molar-refractivity contribution < 1.29 is 29.4 Å².